The molecule has 0 spiro atoms. The van der Waals surface area contributed by atoms with Gasteiger partial charge in [-0.15, -0.1) is 21.5 Å². The monoisotopic (exact) mass is 336 g/mol. The molecule has 0 atom stereocenters. The predicted octanol–water partition coefficient (Wildman–Crippen LogP) is 4.37. The summed E-state index contributed by atoms with van der Waals surface area (Å²) in [5, 5.41) is 15.8. The number of rotatable bonds is 2. The number of fused-ring (bicyclic) bond motifs is 1. The summed E-state index contributed by atoms with van der Waals surface area (Å²) in [6.45, 7) is 0. The second-order valence-electron chi connectivity index (χ2n) is 4.23. The fourth-order valence-corrected chi connectivity index (χ4v) is 3.76. The molecule has 0 saturated carbocycles. The molecule has 0 aliphatic carbocycles. The van der Waals surface area contributed by atoms with Crippen molar-refractivity contribution in [2.75, 3.05) is 0 Å². The van der Waals surface area contributed by atoms with Crippen LogP contribution in [0.5, 0.6) is 0 Å². The lowest BCUT2D eigenvalue weighted by Gasteiger charge is -2.00. The maximum absolute atomic E-state index is 14.0. The van der Waals surface area contributed by atoms with Crippen LogP contribution in [0.1, 0.15) is 0 Å². The highest BCUT2D eigenvalue weighted by molar-refractivity contribution is 7.23. The van der Waals surface area contributed by atoms with E-state index in [0.29, 0.717) is 15.8 Å². The molecule has 0 fully saturated rings. The van der Waals surface area contributed by atoms with Gasteiger partial charge in [0, 0.05) is 5.02 Å². The summed E-state index contributed by atoms with van der Waals surface area (Å²) in [6.07, 6.45) is 0. The van der Waals surface area contributed by atoms with Gasteiger partial charge in [-0.3, -0.25) is 0 Å². The molecule has 3 aromatic heterocycles. The molecule has 4 nitrogen and oxygen atoms in total. The van der Waals surface area contributed by atoms with Gasteiger partial charge in [0.25, 0.3) is 0 Å². The first-order valence-electron chi connectivity index (χ1n) is 5.94. The van der Waals surface area contributed by atoms with Gasteiger partial charge in [0.05, 0.1) is 10.4 Å². The maximum atomic E-state index is 14.0. The van der Waals surface area contributed by atoms with Crippen LogP contribution in [0.25, 0.3) is 26.2 Å². The summed E-state index contributed by atoms with van der Waals surface area (Å²) < 4.78 is 15.5. The van der Waals surface area contributed by atoms with Crippen LogP contribution < -0.4 is 0 Å². The van der Waals surface area contributed by atoms with Crippen LogP contribution in [0, 0.1) is 5.82 Å². The third-order valence-corrected chi connectivity index (χ3v) is 5.07. The number of benzene rings is 1. The lowest BCUT2D eigenvalue weighted by atomic mass is 10.2. The van der Waals surface area contributed by atoms with Crippen molar-refractivity contribution in [3.63, 3.8) is 0 Å². The minimum Gasteiger partial charge on any atom is -0.206 e. The molecule has 4 aromatic rings. The van der Waals surface area contributed by atoms with E-state index in [9.17, 15) is 4.39 Å². The Labute approximate surface area is 131 Å². The zero-order valence-electron chi connectivity index (χ0n) is 10.3. The molecule has 0 unspecified atom stereocenters. The van der Waals surface area contributed by atoms with Crippen LogP contribution in [0.2, 0.25) is 5.02 Å². The van der Waals surface area contributed by atoms with Crippen LogP contribution in [0.3, 0.4) is 0 Å². The van der Waals surface area contributed by atoms with E-state index in [1.807, 2.05) is 17.5 Å². The lowest BCUT2D eigenvalue weighted by Crippen LogP contribution is -1.93. The van der Waals surface area contributed by atoms with Crippen molar-refractivity contribution in [1.82, 2.24) is 19.8 Å². The van der Waals surface area contributed by atoms with Gasteiger partial charge in [0.1, 0.15) is 5.82 Å². The van der Waals surface area contributed by atoms with Crippen LogP contribution in [0.15, 0.2) is 35.7 Å². The van der Waals surface area contributed by atoms with Gasteiger partial charge in [0.2, 0.25) is 4.96 Å². The topological polar surface area (TPSA) is 43.1 Å². The highest BCUT2D eigenvalue weighted by Gasteiger charge is 2.17. The van der Waals surface area contributed by atoms with Crippen LogP contribution in [-0.4, -0.2) is 19.8 Å². The van der Waals surface area contributed by atoms with E-state index in [-0.39, 0.29) is 5.56 Å². The second kappa shape index (κ2) is 4.87. The van der Waals surface area contributed by atoms with E-state index in [4.69, 9.17) is 11.6 Å². The van der Waals surface area contributed by atoms with Gasteiger partial charge in [0.15, 0.2) is 10.8 Å². The van der Waals surface area contributed by atoms with Crippen molar-refractivity contribution in [3.05, 3.63) is 46.6 Å². The first kappa shape index (κ1) is 12.9. The maximum Gasteiger partial charge on any atom is 0.235 e. The molecule has 3 heterocycles. The Morgan fingerprint density at radius 1 is 1.19 bits per heavy atom. The van der Waals surface area contributed by atoms with Crippen molar-refractivity contribution in [1.29, 1.82) is 0 Å². The summed E-state index contributed by atoms with van der Waals surface area (Å²) in [5.74, 6) is -0.0524. The summed E-state index contributed by atoms with van der Waals surface area (Å²) in [7, 11) is 0. The van der Waals surface area contributed by atoms with Crippen molar-refractivity contribution in [3.8, 4) is 21.3 Å². The fraction of sp³-hybridized carbons (Fsp3) is 0. The standard InChI is InChI=1S/C13H6ClFN4S2/c14-7-3-4-9(15)8(6-7)11-16-17-13-19(11)18-12(21-13)10-2-1-5-20-10/h1-6H. The van der Waals surface area contributed by atoms with E-state index in [0.717, 1.165) is 9.88 Å². The highest BCUT2D eigenvalue weighted by Crippen LogP contribution is 2.31. The minimum absolute atomic E-state index is 0.290. The van der Waals surface area contributed by atoms with Gasteiger partial charge < -0.3 is 0 Å². The highest BCUT2D eigenvalue weighted by atomic mass is 35.5. The van der Waals surface area contributed by atoms with E-state index >= 15 is 0 Å². The second-order valence-corrected chi connectivity index (χ2v) is 6.57. The van der Waals surface area contributed by atoms with Gasteiger partial charge in [-0.1, -0.05) is 29.0 Å². The Balaban J connectivity index is 1.92. The molecule has 4 rings (SSSR count). The molecule has 0 aliphatic heterocycles. The normalized spacial score (nSPS) is 11.3. The molecule has 0 amide bonds. The number of aromatic nitrogens is 4. The lowest BCUT2D eigenvalue weighted by molar-refractivity contribution is 0.629. The zero-order valence-corrected chi connectivity index (χ0v) is 12.7. The average molecular weight is 337 g/mol. The van der Waals surface area contributed by atoms with Crippen LogP contribution >= 0.6 is 34.3 Å². The Morgan fingerprint density at radius 2 is 2.10 bits per heavy atom. The van der Waals surface area contributed by atoms with Gasteiger partial charge in [-0.05, 0) is 29.6 Å². The Morgan fingerprint density at radius 3 is 2.90 bits per heavy atom. The molecule has 0 aliphatic rings. The smallest absolute Gasteiger partial charge is 0.206 e. The minimum atomic E-state index is -0.403. The Hall–Kier alpha value is -1.83. The fourth-order valence-electron chi connectivity index (χ4n) is 1.95. The van der Waals surface area contributed by atoms with E-state index in [1.54, 1.807) is 15.9 Å². The average Bonchev–Trinajstić information content (AvgIpc) is 3.15. The zero-order chi connectivity index (χ0) is 14.4. The quantitative estimate of drug-likeness (QED) is 0.546. The molecule has 0 radical (unpaired) electrons. The van der Waals surface area contributed by atoms with E-state index in [1.165, 1.54) is 29.5 Å². The molecule has 0 N–H and O–H groups in total. The molecule has 8 heteroatoms. The Bertz CT molecular complexity index is 929. The Kier molecular flexibility index (Phi) is 2.99. The molecule has 0 saturated heterocycles. The van der Waals surface area contributed by atoms with E-state index < -0.39 is 5.82 Å². The SMILES string of the molecule is Fc1ccc(Cl)cc1-c1nnc2sc(-c3cccs3)nn12. The van der Waals surface area contributed by atoms with Gasteiger partial charge >= 0.3 is 0 Å². The van der Waals surface area contributed by atoms with Crippen molar-refractivity contribution >= 4 is 39.2 Å². The van der Waals surface area contributed by atoms with Gasteiger partial charge in [-0.2, -0.15) is 9.61 Å². The first-order chi connectivity index (χ1) is 10.2. The summed E-state index contributed by atoms with van der Waals surface area (Å²) in [4.78, 5) is 1.66. The summed E-state index contributed by atoms with van der Waals surface area (Å²) in [6, 6.07) is 8.27. The van der Waals surface area contributed by atoms with Crippen molar-refractivity contribution in [2.24, 2.45) is 0 Å². The summed E-state index contributed by atoms with van der Waals surface area (Å²) in [5.41, 5.74) is 0.290. The van der Waals surface area contributed by atoms with Crippen molar-refractivity contribution in [2.45, 2.75) is 0 Å². The molecular formula is C13H6ClFN4S2. The number of thiophene rings is 1. The first-order valence-corrected chi connectivity index (χ1v) is 8.01. The molecule has 104 valence electrons. The molecular weight excluding hydrogens is 331 g/mol. The summed E-state index contributed by atoms with van der Waals surface area (Å²) >= 11 is 8.94. The number of halogens is 2. The third-order valence-electron chi connectivity index (χ3n) is 2.89. The number of hydrogen-bond donors (Lipinski definition) is 0. The molecule has 21 heavy (non-hydrogen) atoms. The van der Waals surface area contributed by atoms with Gasteiger partial charge in [-0.25, -0.2) is 4.39 Å². The number of hydrogen-bond acceptors (Lipinski definition) is 5. The molecule has 0 bridgehead atoms. The van der Waals surface area contributed by atoms with Crippen molar-refractivity contribution < 1.29 is 4.39 Å². The molecule has 1 aromatic carbocycles. The predicted molar refractivity (Wildman–Crippen MR) is 82.4 cm³/mol. The van der Waals surface area contributed by atoms with Crippen LogP contribution in [0.4, 0.5) is 4.39 Å². The number of nitrogens with zero attached hydrogens (tertiary/aromatic N) is 4. The largest absolute Gasteiger partial charge is 0.235 e. The third kappa shape index (κ3) is 2.14. The van der Waals surface area contributed by atoms with Crippen LogP contribution in [-0.2, 0) is 0 Å². The van der Waals surface area contributed by atoms with E-state index in [2.05, 4.69) is 15.3 Å².